The van der Waals surface area contributed by atoms with Gasteiger partial charge < -0.3 is 10.6 Å². The second kappa shape index (κ2) is 5.91. The zero-order valence-corrected chi connectivity index (χ0v) is 11.7. The van der Waals surface area contributed by atoms with Crippen molar-refractivity contribution in [1.29, 1.82) is 0 Å². The van der Waals surface area contributed by atoms with Crippen LogP contribution in [-0.4, -0.2) is 28.0 Å². The summed E-state index contributed by atoms with van der Waals surface area (Å²) in [7, 11) is 2.03. The first-order chi connectivity index (χ1) is 7.91. The molecule has 94 valence electrons. The van der Waals surface area contributed by atoms with E-state index in [2.05, 4.69) is 35.6 Å². The molecule has 2 N–H and O–H groups in total. The molecule has 0 saturated carbocycles. The molecule has 0 saturated heterocycles. The second-order valence-electron chi connectivity index (χ2n) is 4.71. The van der Waals surface area contributed by atoms with Crippen LogP contribution in [0.25, 0.3) is 0 Å². The lowest BCUT2D eigenvalue weighted by Crippen LogP contribution is -2.31. The number of nitrogens with two attached hydrogens (primary N) is 1. The van der Waals surface area contributed by atoms with Crippen molar-refractivity contribution in [2.24, 2.45) is 11.7 Å². The van der Waals surface area contributed by atoms with Crippen LogP contribution in [0.4, 0.5) is 5.82 Å². The number of hydrogen-bond donors (Lipinski definition) is 1. The minimum Gasteiger partial charge on any atom is -0.388 e. The van der Waals surface area contributed by atoms with Gasteiger partial charge in [-0.15, -0.1) is 0 Å². The molecule has 0 bridgehead atoms. The van der Waals surface area contributed by atoms with E-state index < -0.39 is 0 Å². The Hall–Kier alpha value is -1.23. The predicted molar refractivity (Wildman–Crippen MR) is 75.2 cm³/mol. The molecule has 1 atom stereocenters. The van der Waals surface area contributed by atoms with Gasteiger partial charge in [0.25, 0.3) is 0 Å². The van der Waals surface area contributed by atoms with Gasteiger partial charge in [-0.3, -0.25) is 0 Å². The number of hydrogen-bond acceptors (Lipinski definition) is 4. The highest BCUT2D eigenvalue weighted by molar-refractivity contribution is 7.80. The Morgan fingerprint density at radius 1 is 1.35 bits per heavy atom. The smallest absolute Gasteiger partial charge is 0.147 e. The van der Waals surface area contributed by atoms with E-state index in [9.17, 15) is 0 Å². The minimum atomic E-state index is 0.280. The number of nitrogens with zero attached hydrogens (tertiary/aromatic N) is 3. The quantitative estimate of drug-likeness (QED) is 0.812. The standard InChI is InChI=1S/C12H20N4S/c1-8(2)5-9(3)16(4)11-7-14-10(6-15-11)12(13)17/h6-9H,5H2,1-4H3,(H2,13,17). The average molecular weight is 252 g/mol. The summed E-state index contributed by atoms with van der Waals surface area (Å²) in [4.78, 5) is 10.9. The number of rotatable bonds is 5. The molecule has 0 aliphatic carbocycles. The first-order valence-electron chi connectivity index (χ1n) is 5.76. The maximum atomic E-state index is 5.48. The summed E-state index contributed by atoms with van der Waals surface area (Å²) < 4.78 is 0. The van der Waals surface area contributed by atoms with Gasteiger partial charge >= 0.3 is 0 Å². The van der Waals surface area contributed by atoms with Crippen molar-refractivity contribution in [3.05, 3.63) is 18.1 Å². The van der Waals surface area contributed by atoms with E-state index in [0.717, 1.165) is 12.2 Å². The lowest BCUT2D eigenvalue weighted by atomic mass is 10.0. The van der Waals surface area contributed by atoms with Gasteiger partial charge in [0.05, 0.1) is 12.4 Å². The van der Waals surface area contributed by atoms with Crippen LogP contribution in [0, 0.1) is 5.92 Å². The van der Waals surface area contributed by atoms with Crippen LogP contribution in [0.1, 0.15) is 32.9 Å². The van der Waals surface area contributed by atoms with E-state index >= 15 is 0 Å². The first-order valence-corrected chi connectivity index (χ1v) is 6.17. The molecule has 5 heteroatoms. The summed E-state index contributed by atoms with van der Waals surface area (Å²) in [6.45, 7) is 6.61. The van der Waals surface area contributed by atoms with Gasteiger partial charge in [0.2, 0.25) is 0 Å². The third kappa shape index (κ3) is 3.93. The Morgan fingerprint density at radius 2 is 2.00 bits per heavy atom. The van der Waals surface area contributed by atoms with Crippen molar-refractivity contribution in [2.75, 3.05) is 11.9 Å². The lowest BCUT2D eigenvalue weighted by molar-refractivity contribution is 0.502. The van der Waals surface area contributed by atoms with Crippen molar-refractivity contribution < 1.29 is 0 Å². The molecule has 1 aromatic heterocycles. The van der Waals surface area contributed by atoms with Gasteiger partial charge in [0.1, 0.15) is 16.5 Å². The van der Waals surface area contributed by atoms with E-state index in [1.54, 1.807) is 12.4 Å². The van der Waals surface area contributed by atoms with Gasteiger partial charge in [-0.25, -0.2) is 9.97 Å². The Labute approximate surface area is 108 Å². The molecule has 17 heavy (non-hydrogen) atoms. The largest absolute Gasteiger partial charge is 0.388 e. The van der Waals surface area contributed by atoms with Gasteiger partial charge in [-0.05, 0) is 19.3 Å². The summed E-state index contributed by atoms with van der Waals surface area (Å²) in [5, 5.41) is 0. The van der Waals surface area contributed by atoms with Crippen LogP contribution >= 0.6 is 12.2 Å². The molecule has 0 spiro atoms. The van der Waals surface area contributed by atoms with Crippen molar-refractivity contribution in [3.8, 4) is 0 Å². The van der Waals surface area contributed by atoms with Crippen molar-refractivity contribution in [3.63, 3.8) is 0 Å². The van der Waals surface area contributed by atoms with Crippen molar-refractivity contribution in [2.45, 2.75) is 33.2 Å². The highest BCUT2D eigenvalue weighted by atomic mass is 32.1. The summed E-state index contributed by atoms with van der Waals surface area (Å²) in [6.07, 6.45) is 4.46. The lowest BCUT2D eigenvalue weighted by Gasteiger charge is -2.27. The molecule has 4 nitrogen and oxygen atoms in total. The molecule has 0 amide bonds. The number of anilines is 1. The van der Waals surface area contributed by atoms with Crippen molar-refractivity contribution >= 4 is 23.0 Å². The van der Waals surface area contributed by atoms with Crippen LogP contribution in [0.15, 0.2) is 12.4 Å². The van der Waals surface area contributed by atoms with Gasteiger partial charge in [0, 0.05) is 13.1 Å². The second-order valence-corrected chi connectivity index (χ2v) is 5.15. The fourth-order valence-electron chi connectivity index (χ4n) is 1.70. The third-order valence-corrected chi connectivity index (χ3v) is 2.93. The van der Waals surface area contributed by atoms with E-state index in [1.807, 2.05) is 7.05 Å². The van der Waals surface area contributed by atoms with Crippen LogP contribution in [0.5, 0.6) is 0 Å². The van der Waals surface area contributed by atoms with E-state index in [-0.39, 0.29) is 4.99 Å². The predicted octanol–water partition coefficient (Wildman–Crippen LogP) is 1.98. The molecule has 1 unspecified atom stereocenters. The molecule has 0 aliphatic rings. The first kappa shape index (κ1) is 13.8. The zero-order valence-electron chi connectivity index (χ0n) is 10.8. The molecular weight excluding hydrogens is 232 g/mol. The summed E-state index contributed by atoms with van der Waals surface area (Å²) in [6, 6.07) is 0.431. The fourth-order valence-corrected chi connectivity index (χ4v) is 1.80. The number of thiocarbonyl (C=S) groups is 1. The Kier molecular flexibility index (Phi) is 4.81. The Morgan fingerprint density at radius 3 is 2.41 bits per heavy atom. The monoisotopic (exact) mass is 252 g/mol. The van der Waals surface area contributed by atoms with Crippen LogP contribution < -0.4 is 10.6 Å². The Bertz CT molecular complexity index is 375. The molecule has 0 radical (unpaired) electrons. The minimum absolute atomic E-state index is 0.280. The van der Waals surface area contributed by atoms with E-state index in [1.165, 1.54) is 0 Å². The van der Waals surface area contributed by atoms with Crippen LogP contribution in [0.3, 0.4) is 0 Å². The molecule has 0 aromatic carbocycles. The van der Waals surface area contributed by atoms with Gasteiger partial charge in [0.15, 0.2) is 0 Å². The zero-order chi connectivity index (χ0) is 13.0. The maximum absolute atomic E-state index is 5.48. The van der Waals surface area contributed by atoms with E-state index in [4.69, 9.17) is 18.0 Å². The molecule has 0 aliphatic heterocycles. The third-order valence-electron chi connectivity index (χ3n) is 2.73. The topological polar surface area (TPSA) is 55.0 Å². The number of aromatic nitrogens is 2. The highest BCUT2D eigenvalue weighted by Crippen LogP contribution is 2.15. The molecule has 1 rings (SSSR count). The summed E-state index contributed by atoms with van der Waals surface area (Å²) in [5.74, 6) is 1.51. The van der Waals surface area contributed by atoms with Crippen molar-refractivity contribution in [1.82, 2.24) is 9.97 Å². The van der Waals surface area contributed by atoms with Gasteiger partial charge in [-0.2, -0.15) is 0 Å². The molecule has 1 heterocycles. The molecule has 0 fully saturated rings. The van der Waals surface area contributed by atoms with Crippen LogP contribution in [0.2, 0.25) is 0 Å². The average Bonchev–Trinajstić information content (AvgIpc) is 2.27. The maximum Gasteiger partial charge on any atom is 0.147 e. The Balaban J connectivity index is 2.75. The molecular formula is C12H20N4S. The van der Waals surface area contributed by atoms with E-state index in [0.29, 0.717) is 17.7 Å². The fraction of sp³-hybridized carbons (Fsp3) is 0.583. The highest BCUT2D eigenvalue weighted by Gasteiger charge is 2.13. The SMILES string of the molecule is CC(C)CC(C)N(C)c1cnc(C(N)=S)cn1. The summed E-state index contributed by atoms with van der Waals surface area (Å²) >= 11 is 4.84. The molecule has 1 aromatic rings. The van der Waals surface area contributed by atoms with Crippen LogP contribution in [-0.2, 0) is 0 Å². The summed E-state index contributed by atoms with van der Waals surface area (Å²) in [5.41, 5.74) is 6.04. The van der Waals surface area contributed by atoms with Gasteiger partial charge in [-0.1, -0.05) is 26.1 Å². The normalized spacial score (nSPS) is 12.5.